The van der Waals surface area contributed by atoms with E-state index in [1.165, 1.54) is 10.9 Å². The number of rotatable bonds is 7. The van der Waals surface area contributed by atoms with Gasteiger partial charge < -0.3 is 15.0 Å². The molecule has 3 aromatic rings. The summed E-state index contributed by atoms with van der Waals surface area (Å²) in [6.45, 7) is 0.479. The van der Waals surface area contributed by atoms with Crippen LogP contribution in [0, 0.1) is 0 Å². The van der Waals surface area contributed by atoms with Gasteiger partial charge in [-0.2, -0.15) is 0 Å². The number of nitrogens with one attached hydrogen (secondary N) is 2. The van der Waals surface area contributed by atoms with Gasteiger partial charge in [0.1, 0.15) is 0 Å². The topological polar surface area (TPSA) is 54.1 Å². The lowest BCUT2D eigenvalue weighted by Gasteiger charge is -2.16. The summed E-state index contributed by atoms with van der Waals surface area (Å²) in [5.41, 5.74) is 3.35. The van der Waals surface area contributed by atoms with Crippen LogP contribution >= 0.6 is 0 Å². The van der Waals surface area contributed by atoms with Gasteiger partial charge in [-0.15, -0.1) is 0 Å². The van der Waals surface area contributed by atoms with Gasteiger partial charge in [-0.25, -0.2) is 0 Å². The molecule has 1 unspecified atom stereocenters. The normalized spacial score (nSPS) is 12.2. The molecular formula is C20H22N2O2. The predicted octanol–water partition coefficient (Wildman–Crippen LogP) is 3.60. The van der Waals surface area contributed by atoms with Crippen molar-refractivity contribution in [2.45, 2.75) is 18.9 Å². The van der Waals surface area contributed by atoms with E-state index in [0.717, 1.165) is 17.5 Å². The van der Waals surface area contributed by atoms with E-state index in [1.54, 1.807) is 7.11 Å². The molecule has 0 spiro atoms. The van der Waals surface area contributed by atoms with Gasteiger partial charge in [-0.1, -0.05) is 48.5 Å². The van der Waals surface area contributed by atoms with Gasteiger partial charge in [-0.05, 0) is 23.6 Å². The number of methoxy groups -OCH3 is 1. The zero-order valence-corrected chi connectivity index (χ0v) is 13.8. The van der Waals surface area contributed by atoms with E-state index in [2.05, 4.69) is 16.4 Å². The Morgan fingerprint density at radius 2 is 1.88 bits per heavy atom. The third kappa shape index (κ3) is 3.84. The van der Waals surface area contributed by atoms with Crippen molar-refractivity contribution in [1.82, 2.24) is 10.3 Å². The molecule has 0 aliphatic carbocycles. The fourth-order valence-electron chi connectivity index (χ4n) is 2.89. The van der Waals surface area contributed by atoms with Gasteiger partial charge in [0.2, 0.25) is 5.91 Å². The molecule has 0 saturated carbocycles. The quantitative estimate of drug-likeness (QED) is 0.698. The van der Waals surface area contributed by atoms with Crippen LogP contribution in [0.1, 0.15) is 23.7 Å². The molecule has 1 aromatic heterocycles. The van der Waals surface area contributed by atoms with E-state index >= 15 is 0 Å². The first kappa shape index (κ1) is 16.3. The molecule has 2 aromatic carbocycles. The number of hydrogen-bond donors (Lipinski definition) is 2. The summed E-state index contributed by atoms with van der Waals surface area (Å²) in [6, 6.07) is 18.1. The van der Waals surface area contributed by atoms with Gasteiger partial charge in [0.05, 0.1) is 6.10 Å². The highest BCUT2D eigenvalue weighted by Crippen LogP contribution is 2.19. The van der Waals surface area contributed by atoms with Crippen molar-refractivity contribution in [2.75, 3.05) is 13.7 Å². The number of amides is 1. The number of hydrogen-bond acceptors (Lipinski definition) is 2. The summed E-state index contributed by atoms with van der Waals surface area (Å²) in [7, 11) is 1.66. The Hall–Kier alpha value is -2.59. The van der Waals surface area contributed by atoms with Crippen molar-refractivity contribution in [1.29, 1.82) is 0 Å². The Labute approximate surface area is 141 Å². The summed E-state index contributed by atoms with van der Waals surface area (Å²) >= 11 is 0. The van der Waals surface area contributed by atoms with Crippen LogP contribution in [-0.2, 0) is 16.0 Å². The molecule has 124 valence electrons. The number of carbonyl (C=O) groups excluding carboxylic acids is 1. The van der Waals surface area contributed by atoms with Gasteiger partial charge in [0, 0.05) is 37.2 Å². The summed E-state index contributed by atoms with van der Waals surface area (Å²) < 4.78 is 5.48. The molecule has 4 heteroatoms. The summed E-state index contributed by atoms with van der Waals surface area (Å²) in [6.07, 6.45) is 3.05. The van der Waals surface area contributed by atoms with Crippen LogP contribution in [0.2, 0.25) is 0 Å². The SMILES string of the molecule is COC(CNC(=O)CCc1c[nH]c2ccccc12)c1ccccc1. The lowest BCUT2D eigenvalue weighted by atomic mass is 10.1. The Bertz CT molecular complexity index is 796. The zero-order valence-electron chi connectivity index (χ0n) is 13.8. The lowest BCUT2D eigenvalue weighted by Crippen LogP contribution is -2.29. The summed E-state index contributed by atoms with van der Waals surface area (Å²) in [4.78, 5) is 15.4. The monoisotopic (exact) mass is 322 g/mol. The number of ether oxygens (including phenoxy) is 1. The fourth-order valence-corrected chi connectivity index (χ4v) is 2.89. The molecule has 0 saturated heterocycles. The van der Waals surface area contributed by atoms with Crippen molar-refractivity contribution < 1.29 is 9.53 Å². The van der Waals surface area contributed by atoms with Gasteiger partial charge in [0.15, 0.2) is 0 Å². The first-order valence-electron chi connectivity index (χ1n) is 8.17. The molecule has 3 rings (SSSR count). The van der Waals surface area contributed by atoms with Gasteiger partial charge >= 0.3 is 0 Å². The Kier molecular flexibility index (Phi) is 5.29. The summed E-state index contributed by atoms with van der Waals surface area (Å²) in [5, 5.41) is 4.15. The number of H-pyrrole nitrogens is 1. The molecule has 1 heterocycles. The van der Waals surface area contributed by atoms with Crippen molar-refractivity contribution in [3.8, 4) is 0 Å². The Balaban J connectivity index is 1.52. The largest absolute Gasteiger partial charge is 0.375 e. The van der Waals surface area contributed by atoms with Crippen molar-refractivity contribution in [2.24, 2.45) is 0 Å². The second kappa shape index (κ2) is 7.79. The van der Waals surface area contributed by atoms with Crippen LogP contribution in [0.4, 0.5) is 0 Å². The highest BCUT2D eigenvalue weighted by molar-refractivity contribution is 5.84. The van der Waals surface area contributed by atoms with E-state index < -0.39 is 0 Å². The maximum atomic E-state index is 12.1. The molecule has 0 bridgehead atoms. The highest BCUT2D eigenvalue weighted by Gasteiger charge is 2.12. The number of benzene rings is 2. The zero-order chi connectivity index (χ0) is 16.8. The average molecular weight is 322 g/mol. The third-order valence-electron chi connectivity index (χ3n) is 4.24. The maximum Gasteiger partial charge on any atom is 0.220 e. The smallest absolute Gasteiger partial charge is 0.220 e. The standard InChI is InChI=1S/C20H22N2O2/c1-24-19(15-7-3-2-4-8-15)14-22-20(23)12-11-16-13-21-18-10-6-5-9-17(16)18/h2-10,13,19,21H,11-12,14H2,1H3,(H,22,23). The minimum Gasteiger partial charge on any atom is -0.375 e. The number of carbonyl (C=O) groups is 1. The molecule has 2 N–H and O–H groups in total. The van der Waals surface area contributed by atoms with Crippen molar-refractivity contribution in [3.05, 3.63) is 71.9 Å². The molecular weight excluding hydrogens is 300 g/mol. The van der Waals surface area contributed by atoms with Crippen LogP contribution in [0.15, 0.2) is 60.8 Å². The van der Waals surface area contributed by atoms with Gasteiger partial charge in [-0.3, -0.25) is 4.79 Å². The first-order chi connectivity index (χ1) is 11.8. The maximum absolute atomic E-state index is 12.1. The molecule has 0 fully saturated rings. The van der Waals surface area contributed by atoms with Crippen molar-refractivity contribution >= 4 is 16.8 Å². The van der Waals surface area contributed by atoms with Crippen LogP contribution in [0.3, 0.4) is 0 Å². The molecule has 24 heavy (non-hydrogen) atoms. The molecule has 1 amide bonds. The number of para-hydroxylation sites is 1. The number of aromatic nitrogens is 1. The van der Waals surface area contributed by atoms with Crippen LogP contribution in [-0.4, -0.2) is 24.5 Å². The molecule has 0 aliphatic heterocycles. The van der Waals surface area contributed by atoms with E-state index in [4.69, 9.17) is 4.74 Å². The van der Waals surface area contributed by atoms with Crippen LogP contribution < -0.4 is 5.32 Å². The number of aromatic amines is 1. The minimum absolute atomic E-state index is 0.0401. The number of fused-ring (bicyclic) bond motifs is 1. The van der Waals surface area contributed by atoms with E-state index in [1.807, 2.05) is 54.7 Å². The Morgan fingerprint density at radius 1 is 1.12 bits per heavy atom. The predicted molar refractivity (Wildman–Crippen MR) is 95.8 cm³/mol. The van der Waals surface area contributed by atoms with Crippen LogP contribution in [0.5, 0.6) is 0 Å². The van der Waals surface area contributed by atoms with E-state index in [9.17, 15) is 4.79 Å². The lowest BCUT2D eigenvalue weighted by molar-refractivity contribution is -0.121. The Morgan fingerprint density at radius 3 is 2.67 bits per heavy atom. The summed E-state index contributed by atoms with van der Waals surface area (Å²) in [5.74, 6) is 0.0401. The van der Waals surface area contributed by atoms with Gasteiger partial charge in [0.25, 0.3) is 0 Å². The van der Waals surface area contributed by atoms with E-state index in [-0.39, 0.29) is 12.0 Å². The molecule has 1 atom stereocenters. The minimum atomic E-state index is -0.122. The average Bonchev–Trinajstić information content (AvgIpc) is 3.04. The second-order valence-electron chi connectivity index (χ2n) is 5.80. The fraction of sp³-hybridized carbons (Fsp3) is 0.250. The molecule has 0 radical (unpaired) electrons. The van der Waals surface area contributed by atoms with Crippen LogP contribution in [0.25, 0.3) is 10.9 Å². The third-order valence-corrected chi connectivity index (χ3v) is 4.24. The highest BCUT2D eigenvalue weighted by atomic mass is 16.5. The number of aryl methyl sites for hydroxylation is 1. The first-order valence-corrected chi connectivity index (χ1v) is 8.17. The van der Waals surface area contributed by atoms with E-state index in [0.29, 0.717) is 13.0 Å². The molecule has 0 aliphatic rings. The molecule has 4 nitrogen and oxygen atoms in total. The van der Waals surface area contributed by atoms with Crippen molar-refractivity contribution in [3.63, 3.8) is 0 Å². The second-order valence-corrected chi connectivity index (χ2v) is 5.80.